The predicted octanol–water partition coefficient (Wildman–Crippen LogP) is 1.42. The Morgan fingerprint density at radius 3 is 2.40 bits per heavy atom. The maximum absolute atomic E-state index is 10.8. The third kappa shape index (κ3) is 1.67. The zero-order valence-electron chi connectivity index (χ0n) is 8.26. The van der Waals surface area contributed by atoms with Gasteiger partial charge in [0.05, 0.1) is 4.92 Å². The van der Waals surface area contributed by atoms with Crippen LogP contribution in [0.3, 0.4) is 0 Å². The summed E-state index contributed by atoms with van der Waals surface area (Å²) in [6.45, 7) is 2.72. The Bertz CT molecular complexity index is 398. The maximum atomic E-state index is 10.8. The summed E-state index contributed by atoms with van der Waals surface area (Å²) in [6, 6.07) is 0. The Balaban J connectivity index is 3.35. The molecule has 1 rings (SSSR count). The highest BCUT2D eigenvalue weighted by atomic mass is 16.6. The standard InChI is InChI=1S/C8H10N2O5/c1-5-3-6(9(12)13)7(11)8(2,4-5)10(14)15/h3,11H,4H2,1-2H3. The van der Waals surface area contributed by atoms with E-state index in [4.69, 9.17) is 0 Å². The summed E-state index contributed by atoms with van der Waals surface area (Å²) in [5.41, 5.74) is -1.89. The molecule has 7 heteroatoms. The third-order valence-corrected chi connectivity index (χ3v) is 2.36. The highest BCUT2D eigenvalue weighted by Crippen LogP contribution is 2.33. The Hall–Kier alpha value is -1.92. The van der Waals surface area contributed by atoms with E-state index in [1.807, 2.05) is 0 Å². The number of nitro groups is 2. The summed E-state index contributed by atoms with van der Waals surface area (Å²) >= 11 is 0. The molecular weight excluding hydrogens is 204 g/mol. The second kappa shape index (κ2) is 3.34. The molecule has 0 radical (unpaired) electrons. The smallest absolute Gasteiger partial charge is 0.314 e. The zero-order chi connectivity index (χ0) is 11.8. The lowest BCUT2D eigenvalue weighted by Crippen LogP contribution is -2.40. The van der Waals surface area contributed by atoms with E-state index in [0.717, 1.165) is 6.08 Å². The van der Waals surface area contributed by atoms with Crippen LogP contribution in [0.4, 0.5) is 0 Å². The second-order valence-corrected chi connectivity index (χ2v) is 3.69. The summed E-state index contributed by atoms with van der Waals surface area (Å²) in [4.78, 5) is 19.8. The number of hydrogen-bond donors (Lipinski definition) is 1. The van der Waals surface area contributed by atoms with Gasteiger partial charge in [0, 0.05) is 24.3 Å². The molecule has 1 N–H and O–H groups in total. The van der Waals surface area contributed by atoms with Gasteiger partial charge >= 0.3 is 5.70 Å². The predicted molar refractivity (Wildman–Crippen MR) is 50.4 cm³/mol. The van der Waals surface area contributed by atoms with Gasteiger partial charge in [-0.3, -0.25) is 20.2 Å². The molecule has 7 nitrogen and oxygen atoms in total. The molecule has 0 saturated heterocycles. The lowest BCUT2D eigenvalue weighted by molar-refractivity contribution is -0.561. The molecular formula is C8H10N2O5. The first-order valence-corrected chi connectivity index (χ1v) is 4.19. The van der Waals surface area contributed by atoms with Gasteiger partial charge < -0.3 is 5.11 Å². The molecule has 82 valence electrons. The lowest BCUT2D eigenvalue weighted by atomic mass is 9.86. The molecule has 0 aromatic rings. The summed E-state index contributed by atoms with van der Waals surface area (Å²) in [7, 11) is 0. The molecule has 0 aromatic carbocycles. The normalized spacial score (nSPS) is 26.1. The van der Waals surface area contributed by atoms with Crippen LogP contribution in [0.1, 0.15) is 20.3 Å². The topological polar surface area (TPSA) is 107 Å². The van der Waals surface area contributed by atoms with Gasteiger partial charge in [0.15, 0.2) is 0 Å². The van der Waals surface area contributed by atoms with E-state index in [-0.39, 0.29) is 6.42 Å². The average molecular weight is 214 g/mol. The van der Waals surface area contributed by atoms with Crippen LogP contribution in [0.2, 0.25) is 0 Å². The van der Waals surface area contributed by atoms with Gasteiger partial charge in [0.25, 0.3) is 5.54 Å². The van der Waals surface area contributed by atoms with Crippen LogP contribution in [0.15, 0.2) is 23.1 Å². The van der Waals surface area contributed by atoms with Crippen molar-refractivity contribution in [3.63, 3.8) is 0 Å². The molecule has 15 heavy (non-hydrogen) atoms. The molecule has 1 aliphatic rings. The quantitative estimate of drug-likeness (QED) is 0.552. The van der Waals surface area contributed by atoms with Gasteiger partial charge in [0.1, 0.15) is 0 Å². The molecule has 0 aliphatic heterocycles. The van der Waals surface area contributed by atoms with Crippen LogP contribution in [0.5, 0.6) is 0 Å². The first kappa shape index (κ1) is 11.2. The van der Waals surface area contributed by atoms with Gasteiger partial charge in [-0.1, -0.05) is 5.57 Å². The Morgan fingerprint density at radius 1 is 1.47 bits per heavy atom. The summed E-state index contributed by atoms with van der Waals surface area (Å²) in [5.74, 6) is -0.789. The van der Waals surface area contributed by atoms with Crippen molar-refractivity contribution in [2.45, 2.75) is 25.8 Å². The monoisotopic (exact) mass is 214 g/mol. The molecule has 0 fully saturated rings. The maximum Gasteiger partial charge on any atom is 0.314 e. The van der Waals surface area contributed by atoms with E-state index in [2.05, 4.69) is 0 Å². The fourth-order valence-electron chi connectivity index (χ4n) is 1.55. The molecule has 0 aromatic heterocycles. The summed E-state index contributed by atoms with van der Waals surface area (Å²) in [6.07, 6.45) is 1.13. The van der Waals surface area contributed by atoms with E-state index >= 15 is 0 Å². The van der Waals surface area contributed by atoms with Crippen molar-refractivity contribution in [1.29, 1.82) is 0 Å². The van der Waals surface area contributed by atoms with Crippen LogP contribution in [-0.2, 0) is 0 Å². The first-order valence-electron chi connectivity index (χ1n) is 4.19. The van der Waals surface area contributed by atoms with E-state index in [1.54, 1.807) is 6.92 Å². The van der Waals surface area contributed by atoms with Crippen molar-refractivity contribution in [2.75, 3.05) is 0 Å². The molecule has 1 aliphatic carbocycles. The molecule has 1 unspecified atom stereocenters. The van der Waals surface area contributed by atoms with Crippen molar-refractivity contribution in [2.24, 2.45) is 0 Å². The van der Waals surface area contributed by atoms with Gasteiger partial charge in [-0.15, -0.1) is 0 Å². The SMILES string of the molecule is CC1=CC([N+](=O)[O-])=C(O)C(C)([N+](=O)[O-])C1. The van der Waals surface area contributed by atoms with Crippen molar-refractivity contribution in [1.82, 2.24) is 0 Å². The van der Waals surface area contributed by atoms with Crippen LogP contribution in [0, 0.1) is 20.2 Å². The van der Waals surface area contributed by atoms with Crippen LogP contribution in [-0.4, -0.2) is 20.5 Å². The number of nitrogens with zero attached hydrogens (tertiary/aromatic N) is 2. The van der Waals surface area contributed by atoms with Gasteiger partial charge in [-0.05, 0) is 6.92 Å². The summed E-state index contributed by atoms with van der Waals surface area (Å²) < 4.78 is 0. The minimum absolute atomic E-state index is 0.0246. The minimum atomic E-state index is -1.79. The van der Waals surface area contributed by atoms with Gasteiger partial charge in [-0.2, -0.15) is 0 Å². The van der Waals surface area contributed by atoms with E-state index in [9.17, 15) is 25.3 Å². The Kier molecular flexibility index (Phi) is 2.48. The van der Waals surface area contributed by atoms with Gasteiger partial charge in [0.2, 0.25) is 5.76 Å². The number of allylic oxidation sites excluding steroid dienone is 1. The number of aliphatic hydroxyl groups excluding tert-OH is 1. The van der Waals surface area contributed by atoms with E-state index < -0.39 is 26.8 Å². The third-order valence-electron chi connectivity index (χ3n) is 2.36. The zero-order valence-corrected chi connectivity index (χ0v) is 8.26. The Morgan fingerprint density at radius 2 is 2.00 bits per heavy atom. The molecule has 1 atom stereocenters. The molecule has 0 bridgehead atoms. The largest absolute Gasteiger partial charge is 0.501 e. The molecule has 0 spiro atoms. The van der Waals surface area contributed by atoms with Crippen molar-refractivity contribution in [3.05, 3.63) is 43.3 Å². The van der Waals surface area contributed by atoms with Crippen LogP contribution < -0.4 is 0 Å². The summed E-state index contributed by atoms with van der Waals surface area (Å²) in [5, 5.41) is 30.8. The highest BCUT2D eigenvalue weighted by Gasteiger charge is 2.49. The van der Waals surface area contributed by atoms with Crippen molar-refractivity contribution < 1.29 is 15.0 Å². The number of hydrogen-bond acceptors (Lipinski definition) is 5. The highest BCUT2D eigenvalue weighted by molar-refractivity contribution is 5.31. The van der Waals surface area contributed by atoms with Crippen molar-refractivity contribution in [3.8, 4) is 0 Å². The molecule has 0 heterocycles. The number of rotatable bonds is 2. The minimum Gasteiger partial charge on any atom is -0.501 e. The second-order valence-electron chi connectivity index (χ2n) is 3.69. The fourth-order valence-corrected chi connectivity index (χ4v) is 1.55. The van der Waals surface area contributed by atoms with E-state index in [1.165, 1.54) is 6.92 Å². The van der Waals surface area contributed by atoms with Crippen LogP contribution in [0.25, 0.3) is 0 Å². The van der Waals surface area contributed by atoms with Crippen molar-refractivity contribution >= 4 is 0 Å². The average Bonchev–Trinajstić information content (AvgIpc) is 2.10. The Labute approximate surface area is 85.0 Å². The number of aliphatic hydroxyl groups is 1. The first-order chi connectivity index (χ1) is 6.79. The van der Waals surface area contributed by atoms with Gasteiger partial charge in [-0.25, -0.2) is 0 Å². The fraction of sp³-hybridized carbons (Fsp3) is 0.500. The molecule has 0 saturated carbocycles. The van der Waals surface area contributed by atoms with Crippen LogP contribution >= 0.6 is 0 Å². The van der Waals surface area contributed by atoms with E-state index in [0.29, 0.717) is 5.57 Å². The lowest BCUT2D eigenvalue weighted by Gasteiger charge is -2.22. The molecule has 0 amide bonds.